The molecule has 2 aliphatic rings. The van der Waals surface area contributed by atoms with Gasteiger partial charge in [-0.15, -0.1) is 16.4 Å². The van der Waals surface area contributed by atoms with Crippen molar-refractivity contribution in [1.29, 1.82) is 0 Å². The molecule has 150 valence electrons. The molecular weight excluding hydrogens is 390 g/mol. The Kier molecular flexibility index (Phi) is 4.81. The maximum absolute atomic E-state index is 12.6. The lowest BCUT2D eigenvalue weighted by atomic mass is 10.1. The molecule has 1 aromatic carbocycles. The van der Waals surface area contributed by atoms with E-state index in [2.05, 4.69) is 25.4 Å². The first-order valence-corrected chi connectivity index (χ1v) is 10.6. The van der Waals surface area contributed by atoms with Crippen molar-refractivity contribution in [3.05, 3.63) is 35.2 Å². The molecule has 0 radical (unpaired) electrons. The van der Waals surface area contributed by atoms with Gasteiger partial charge in [0.2, 0.25) is 11.9 Å². The van der Waals surface area contributed by atoms with Crippen LogP contribution in [0.2, 0.25) is 0 Å². The first-order chi connectivity index (χ1) is 14.3. The van der Waals surface area contributed by atoms with Gasteiger partial charge in [-0.1, -0.05) is 0 Å². The predicted octanol–water partition coefficient (Wildman–Crippen LogP) is 3.55. The van der Waals surface area contributed by atoms with Crippen molar-refractivity contribution in [2.24, 2.45) is 0 Å². The summed E-state index contributed by atoms with van der Waals surface area (Å²) in [4.78, 5) is 20.8. The predicted molar refractivity (Wildman–Crippen MR) is 111 cm³/mol. The number of ether oxygens (including phenoxy) is 2. The topological polar surface area (TPSA) is 92.4 Å². The van der Waals surface area contributed by atoms with E-state index in [-0.39, 0.29) is 5.91 Å². The van der Waals surface area contributed by atoms with Gasteiger partial charge in [-0.25, -0.2) is 5.10 Å². The number of nitrogens with one attached hydrogen (secondary N) is 2. The number of piperidine rings is 1. The van der Waals surface area contributed by atoms with Gasteiger partial charge >= 0.3 is 0 Å². The number of nitrogens with zero attached hydrogens (tertiary/aromatic N) is 3. The average molecular weight is 411 g/mol. The molecule has 0 bridgehead atoms. The molecule has 3 aromatic rings. The number of aromatic nitrogens is 3. The lowest BCUT2D eigenvalue weighted by Gasteiger charge is -2.24. The van der Waals surface area contributed by atoms with E-state index in [1.54, 1.807) is 0 Å². The van der Waals surface area contributed by atoms with Crippen molar-refractivity contribution in [3.63, 3.8) is 0 Å². The third-order valence-electron chi connectivity index (χ3n) is 5.00. The normalized spacial score (nSPS) is 15.9. The molecule has 9 heteroatoms. The highest BCUT2D eigenvalue weighted by molar-refractivity contribution is 7.17. The van der Waals surface area contributed by atoms with Gasteiger partial charge in [0.05, 0.1) is 4.88 Å². The van der Waals surface area contributed by atoms with Crippen LogP contribution in [0.1, 0.15) is 28.9 Å². The van der Waals surface area contributed by atoms with E-state index in [1.807, 2.05) is 30.3 Å². The summed E-state index contributed by atoms with van der Waals surface area (Å²) in [6, 6.07) is 9.57. The van der Waals surface area contributed by atoms with Gasteiger partial charge in [0, 0.05) is 18.0 Å². The van der Waals surface area contributed by atoms with Crippen molar-refractivity contribution in [2.45, 2.75) is 19.3 Å². The Bertz CT molecular complexity index is 1020. The Morgan fingerprint density at radius 3 is 2.76 bits per heavy atom. The van der Waals surface area contributed by atoms with Crippen LogP contribution in [0.15, 0.2) is 30.3 Å². The quantitative estimate of drug-likeness (QED) is 0.682. The van der Waals surface area contributed by atoms with Crippen molar-refractivity contribution in [3.8, 4) is 21.9 Å². The number of H-pyrrole nitrogens is 1. The van der Waals surface area contributed by atoms with Crippen LogP contribution in [0.3, 0.4) is 0 Å². The van der Waals surface area contributed by atoms with Crippen molar-refractivity contribution in [2.75, 3.05) is 36.5 Å². The van der Waals surface area contributed by atoms with Gasteiger partial charge in [0.25, 0.3) is 5.91 Å². The van der Waals surface area contributed by atoms with E-state index in [0.717, 1.165) is 47.9 Å². The standard InChI is InChI=1S/C20H21N5O3S/c26-18(21-19-22-20(24-23-19)25-8-2-1-3-9-25)17-7-6-16(29-17)13-4-5-14-15(12-13)28-11-10-27-14/h4-7,12H,1-3,8-11H2,(H2,21,22,23,24,26). The van der Waals surface area contributed by atoms with Gasteiger partial charge in [0.15, 0.2) is 11.5 Å². The van der Waals surface area contributed by atoms with Gasteiger partial charge < -0.3 is 14.4 Å². The number of hydrogen-bond donors (Lipinski definition) is 2. The molecule has 5 rings (SSSR count). The molecule has 1 fully saturated rings. The molecule has 2 N–H and O–H groups in total. The summed E-state index contributed by atoms with van der Waals surface area (Å²) in [6.45, 7) is 3.02. The first kappa shape index (κ1) is 18.0. The summed E-state index contributed by atoms with van der Waals surface area (Å²) in [5.41, 5.74) is 0.991. The minimum absolute atomic E-state index is 0.208. The van der Waals surface area contributed by atoms with Gasteiger partial charge in [-0.05, 0) is 55.2 Å². The third kappa shape index (κ3) is 3.77. The molecule has 1 amide bonds. The van der Waals surface area contributed by atoms with Crippen molar-refractivity contribution in [1.82, 2.24) is 15.2 Å². The Morgan fingerprint density at radius 1 is 1.07 bits per heavy atom. The summed E-state index contributed by atoms with van der Waals surface area (Å²) in [5, 5.41) is 9.85. The van der Waals surface area contributed by atoms with Crippen LogP contribution in [-0.4, -0.2) is 47.4 Å². The second-order valence-electron chi connectivity index (χ2n) is 7.01. The summed E-state index contributed by atoms with van der Waals surface area (Å²) in [6.07, 6.45) is 3.54. The second-order valence-corrected chi connectivity index (χ2v) is 8.09. The SMILES string of the molecule is O=C(Nc1nc(N2CCCCC2)n[nH]1)c1ccc(-c2ccc3c(c2)OCCO3)s1. The lowest BCUT2D eigenvalue weighted by molar-refractivity contribution is 0.102. The van der Waals surface area contributed by atoms with Crippen LogP contribution >= 0.6 is 11.3 Å². The molecule has 2 aromatic heterocycles. The monoisotopic (exact) mass is 411 g/mol. The van der Waals surface area contributed by atoms with E-state index in [4.69, 9.17) is 9.47 Å². The van der Waals surface area contributed by atoms with Crippen LogP contribution in [0.5, 0.6) is 11.5 Å². The minimum Gasteiger partial charge on any atom is -0.486 e. The zero-order valence-corrected chi connectivity index (χ0v) is 16.6. The molecule has 0 saturated carbocycles. The largest absolute Gasteiger partial charge is 0.486 e. The molecule has 2 aliphatic heterocycles. The third-order valence-corrected chi connectivity index (χ3v) is 6.13. The Morgan fingerprint density at radius 2 is 1.90 bits per heavy atom. The number of carbonyl (C=O) groups is 1. The molecule has 8 nitrogen and oxygen atoms in total. The molecule has 0 spiro atoms. The summed E-state index contributed by atoms with van der Waals surface area (Å²) < 4.78 is 11.2. The Labute approximate surface area is 171 Å². The van der Waals surface area contributed by atoms with E-state index < -0.39 is 0 Å². The number of amides is 1. The molecule has 0 atom stereocenters. The maximum atomic E-state index is 12.6. The highest BCUT2D eigenvalue weighted by Crippen LogP contribution is 2.37. The zero-order chi connectivity index (χ0) is 19.6. The van der Waals surface area contributed by atoms with Crippen LogP contribution in [0.25, 0.3) is 10.4 Å². The fourth-order valence-corrected chi connectivity index (χ4v) is 4.42. The van der Waals surface area contributed by atoms with Crippen LogP contribution in [0, 0.1) is 0 Å². The average Bonchev–Trinajstić information content (AvgIpc) is 3.44. The fourth-order valence-electron chi connectivity index (χ4n) is 3.53. The second kappa shape index (κ2) is 7.75. The maximum Gasteiger partial charge on any atom is 0.268 e. The lowest BCUT2D eigenvalue weighted by Crippen LogP contribution is -2.30. The number of anilines is 2. The van der Waals surface area contributed by atoms with Crippen molar-refractivity contribution < 1.29 is 14.3 Å². The zero-order valence-electron chi connectivity index (χ0n) is 15.8. The summed E-state index contributed by atoms with van der Waals surface area (Å²) in [7, 11) is 0. The summed E-state index contributed by atoms with van der Waals surface area (Å²) in [5.74, 6) is 2.29. The van der Waals surface area contributed by atoms with E-state index >= 15 is 0 Å². The molecule has 29 heavy (non-hydrogen) atoms. The molecule has 4 heterocycles. The first-order valence-electron chi connectivity index (χ1n) is 9.75. The van der Waals surface area contributed by atoms with E-state index in [1.165, 1.54) is 17.8 Å². The summed E-state index contributed by atoms with van der Waals surface area (Å²) >= 11 is 1.42. The van der Waals surface area contributed by atoms with Crippen LogP contribution in [0.4, 0.5) is 11.9 Å². The van der Waals surface area contributed by atoms with Gasteiger partial charge in [-0.2, -0.15) is 4.98 Å². The Balaban J connectivity index is 1.28. The number of rotatable bonds is 4. The molecule has 1 saturated heterocycles. The molecule has 0 aliphatic carbocycles. The van der Waals surface area contributed by atoms with Gasteiger partial charge in [-0.3, -0.25) is 10.1 Å². The van der Waals surface area contributed by atoms with E-state index in [0.29, 0.717) is 30.0 Å². The van der Waals surface area contributed by atoms with Crippen LogP contribution in [-0.2, 0) is 0 Å². The smallest absolute Gasteiger partial charge is 0.268 e. The number of thiophene rings is 1. The number of benzene rings is 1. The minimum atomic E-state index is -0.208. The van der Waals surface area contributed by atoms with Crippen molar-refractivity contribution >= 4 is 29.1 Å². The molecule has 0 unspecified atom stereocenters. The Hall–Kier alpha value is -3.07. The van der Waals surface area contributed by atoms with E-state index in [9.17, 15) is 4.79 Å². The van der Waals surface area contributed by atoms with Gasteiger partial charge in [0.1, 0.15) is 13.2 Å². The number of carbonyl (C=O) groups excluding carboxylic acids is 1. The number of hydrogen-bond acceptors (Lipinski definition) is 7. The molecular formula is C20H21N5O3S. The van der Waals surface area contributed by atoms with Crippen LogP contribution < -0.4 is 19.7 Å². The number of fused-ring (bicyclic) bond motifs is 1. The highest BCUT2D eigenvalue weighted by atomic mass is 32.1. The highest BCUT2D eigenvalue weighted by Gasteiger charge is 2.18. The fraction of sp³-hybridized carbons (Fsp3) is 0.350. The number of aromatic amines is 1.